The van der Waals surface area contributed by atoms with E-state index in [1.54, 1.807) is 0 Å². The molecule has 0 radical (unpaired) electrons. The van der Waals surface area contributed by atoms with E-state index >= 15 is 0 Å². The predicted octanol–water partition coefficient (Wildman–Crippen LogP) is 2.61. The van der Waals surface area contributed by atoms with E-state index in [4.69, 9.17) is 4.74 Å². The van der Waals surface area contributed by atoms with Gasteiger partial charge in [0, 0.05) is 38.5 Å². The maximum absolute atomic E-state index is 12.9. The Morgan fingerprint density at radius 2 is 2.06 bits per heavy atom. The molecule has 8 nitrogen and oxygen atoms in total. The molecule has 2 fully saturated rings. The molecule has 4 heterocycles. The van der Waals surface area contributed by atoms with E-state index in [-0.39, 0.29) is 24.5 Å². The highest BCUT2D eigenvalue weighted by Crippen LogP contribution is 2.28. The Hall–Kier alpha value is -2.67. The van der Waals surface area contributed by atoms with Gasteiger partial charge in [-0.3, -0.25) is 14.5 Å². The number of hydrogen-bond donors (Lipinski definition) is 1. The van der Waals surface area contributed by atoms with Crippen LogP contribution in [0.4, 0.5) is 5.82 Å². The lowest BCUT2D eigenvalue weighted by molar-refractivity contribution is -0.117. The van der Waals surface area contributed by atoms with Gasteiger partial charge in [-0.25, -0.2) is 0 Å². The molecule has 9 heteroatoms. The summed E-state index contributed by atoms with van der Waals surface area (Å²) < 4.78 is 7.79. The molecule has 2 amide bonds. The third-order valence-electron chi connectivity index (χ3n) is 6.37. The van der Waals surface area contributed by atoms with Gasteiger partial charge in [0.2, 0.25) is 5.91 Å². The maximum atomic E-state index is 12.9. The van der Waals surface area contributed by atoms with Crippen LogP contribution < -0.4 is 5.32 Å². The molecule has 1 N–H and O–H groups in total. The molecule has 0 spiro atoms. The van der Waals surface area contributed by atoms with Crippen LogP contribution >= 0.6 is 11.3 Å². The second kappa shape index (κ2) is 9.86. The number of ether oxygens (including phenoxy) is 1. The van der Waals surface area contributed by atoms with Crippen LogP contribution in [0.15, 0.2) is 17.5 Å². The molecule has 4 rings (SSSR count). The molecule has 2 aromatic heterocycles. The average molecular weight is 456 g/mol. The first-order valence-corrected chi connectivity index (χ1v) is 11.9. The number of rotatable bonds is 6. The van der Waals surface area contributed by atoms with Gasteiger partial charge in [0.15, 0.2) is 0 Å². The Kier molecular flexibility index (Phi) is 6.94. The van der Waals surface area contributed by atoms with Crippen molar-refractivity contribution in [3.05, 3.63) is 39.2 Å². The average Bonchev–Trinajstić information content (AvgIpc) is 3.54. The summed E-state index contributed by atoms with van der Waals surface area (Å²) in [4.78, 5) is 30.0. The topological polar surface area (TPSA) is 90.6 Å². The van der Waals surface area contributed by atoms with Gasteiger partial charge in [-0.2, -0.15) is 5.26 Å². The van der Waals surface area contributed by atoms with E-state index in [9.17, 15) is 14.9 Å². The summed E-state index contributed by atoms with van der Waals surface area (Å²) in [7, 11) is 0. The van der Waals surface area contributed by atoms with Gasteiger partial charge in [-0.05, 0) is 43.7 Å². The van der Waals surface area contributed by atoms with Crippen molar-refractivity contribution in [2.24, 2.45) is 0 Å². The van der Waals surface area contributed by atoms with Crippen molar-refractivity contribution in [3.63, 3.8) is 0 Å². The molecule has 0 saturated carbocycles. The number of piperazine rings is 1. The van der Waals surface area contributed by atoms with E-state index in [0.29, 0.717) is 44.1 Å². The smallest absolute Gasteiger partial charge is 0.264 e. The monoisotopic (exact) mass is 455 g/mol. The third-order valence-corrected chi connectivity index (χ3v) is 7.23. The fraction of sp³-hybridized carbons (Fsp3) is 0.522. The number of nitriles is 1. The van der Waals surface area contributed by atoms with Gasteiger partial charge in [0.1, 0.15) is 11.9 Å². The number of nitrogens with one attached hydrogen (secondary N) is 1. The number of carbonyl (C=O) groups is 2. The van der Waals surface area contributed by atoms with Crippen molar-refractivity contribution in [1.82, 2.24) is 14.4 Å². The van der Waals surface area contributed by atoms with Crippen LogP contribution in [-0.4, -0.2) is 71.6 Å². The quantitative estimate of drug-likeness (QED) is 0.723. The second-order valence-electron chi connectivity index (χ2n) is 8.39. The third kappa shape index (κ3) is 4.72. The van der Waals surface area contributed by atoms with Crippen LogP contribution in [0.25, 0.3) is 0 Å². The molecule has 2 saturated heterocycles. The molecular formula is C23H29N5O3S. The lowest BCUT2D eigenvalue weighted by Crippen LogP contribution is -2.50. The molecule has 2 aromatic rings. The first-order valence-electron chi connectivity index (χ1n) is 11.0. The van der Waals surface area contributed by atoms with Crippen LogP contribution in [0, 0.1) is 25.2 Å². The molecule has 32 heavy (non-hydrogen) atoms. The number of carbonyl (C=O) groups excluding carboxylic acids is 2. The standard InChI is InChI=1S/C23H29N5O3S/c1-16-17(2)28(14-18-5-3-11-31-18)22(19(16)13-24)25-21(29)15-26-7-9-27(10-8-26)23(30)20-6-4-12-32-20/h4,6,12,18H,3,5,7-11,14-15H2,1-2H3,(H,25,29)/t18-/m1/s1. The Morgan fingerprint density at radius 3 is 2.69 bits per heavy atom. The summed E-state index contributed by atoms with van der Waals surface area (Å²) in [6.45, 7) is 8.00. The number of thiophene rings is 1. The Bertz CT molecular complexity index is 1010. The SMILES string of the molecule is Cc1c(C#N)c(NC(=O)CN2CCN(C(=O)c3cccs3)CC2)n(C[C@H]2CCCO2)c1C. The first kappa shape index (κ1) is 22.5. The van der Waals surface area contributed by atoms with Crippen LogP contribution in [0.1, 0.15) is 39.3 Å². The van der Waals surface area contributed by atoms with Crippen LogP contribution in [0.5, 0.6) is 0 Å². The molecule has 1 atom stereocenters. The summed E-state index contributed by atoms with van der Waals surface area (Å²) in [5.74, 6) is 0.473. The Balaban J connectivity index is 1.37. The molecule has 0 bridgehead atoms. The van der Waals surface area contributed by atoms with E-state index in [1.807, 2.05) is 45.7 Å². The number of anilines is 1. The Morgan fingerprint density at radius 1 is 1.28 bits per heavy atom. The fourth-order valence-corrected chi connectivity index (χ4v) is 5.08. The minimum atomic E-state index is -0.148. The van der Waals surface area contributed by atoms with E-state index in [2.05, 4.69) is 11.4 Å². The number of aromatic nitrogens is 1. The number of hydrogen-bond acceptors (Lipinski definition) is 6. The van der Waals surface area contributed by atoms with Crippen LogP contribution in [0.2, 0.25) is 0 Å². The predicted molar refractivity (Wildman–Crippen MR) is 123 cm³/mol. The van der Waals surface area contributed by atoms with Crippen molar-refractivity contribution in [2.45, 2.75) is 39.3 Å². The highest BCUT2D eigenvalue weighted by Gasteiger charge is 2.26. The first-order chi connectivity index (χ1) is 15.5. The molecule has 0 aromatic carbocycles. The van der Waals surface area contributed by atoms with Crippen LogP contribution in [0.3, 0.4) is 0 Å². The number of nitrogens with zero attached hydrogens (tertiary/aromatic N) is 4. The van der Waals surface area contributed by atoms with Gasteiger partial charge in [0.25, 0.3) is 5.91 Å². The zero-order valence-electron chi connectivity index (χ0n) is 18.6. The zero-order valence-corrected chi connectivity index (χ0v) is 19.4. The molecular weight excluding hydrogens is 426 g/mol. The summed E-state index contributed by atoms with van der Waals surface area (Å²) in [6, 6.07) is 5.98. The van der Waals surface area contributed by atoms with Crippen molar-refractivity contribution < 1.29 is 14.3 Å². The minimum absolute atomic E-state index is 0.0562. The normalized spacial score (nSPS) is 19.2. The maximum Gasteiger partial charge on any atom is 0.264 e. The van der Waals surface area contributed by atoms with Gasteiger partial charge >= 0.3 is 0 Å². The largest absolute Gasteiger partial charge is 0.376 e. The summed E-state index contributed by atoms with van der Waals surface area (Å²) in [5, 5.41) is 14.6. The van der Waals surface area contributed by atoms with E-state index in [0.717, 1.165) is 35.6 Å². The zero-order chi connectivity index (χ0) is 22.7. The number of amides is 2. The van der Waals surface area contributed by atoms with Crippen LogP contribution in [-0.2, 0) is 16.1 Å². The van der Waals surface area contributed by atoms with Gasteiger partial charge in [0.05, 0.1) is 29.6 Å². The molecule has 170 valence electrons. The van der Waals surface area contributed by atoms with Crippen molar-refractivity contribution in [2.75, 3.05) is 44.6 Å². The van der Waals surface area contributed by atoms with Crippen molar-refractivity contribution in [3.8, 4) is 6.07 Å². The summed E-state index contributed by atoms with van der Waals surface area (Å²) in [5.41, 5.74) is 2.38. The summed E-state index contributed by atoms with van der Waals surface area (Å²) in [6.07, 6.45) is 2.13. The molecule has 0 aliphatic carbocycles. The van der Waals surface area contributed by atoms with Gasteiger partial charge < -0.3 is 19.5 Å². The van der Waals surface area contributed by atoms with Gasteiger partial charge in [-0.1, -0.05) is 6.07 Å². The molecule has 0 unspecified atom stereocenters. The highest BCUT2D eigenvalue weighted by atomic mass is 32.1. The molecule has 2 aliphatic heterocycles. The van der Waals surface area contributed by atoms with E-state index in [1.165, 1.54) is 11.3 Å². The van der Waals surface area contributed by atoms with Crippen molar-refractivity contribution >= 4 is 29.0 Å². The molecule has 2 aliphatic rings. The summed E-state index contributed by atoms with van der Waals surface area (Å²) >= 11 is 1.45. The van der Waals surface area contributed by atoms with E-state index < -0.39 is 0 Å². The second-order valence-corrected chi connectivity index (χ2v) is 9.33. The van der Waals surface area contributed by atoms with Crippen molar-refractivity contribution in [1.29, 1.82) is 5.26 Å². The lowest BCUT2D eigenvalue weighted by Gasteiger charge is -2.34. The highest BCUT2D eigenvalue weighted by molar-refractivity contribution is 7.12. The van der Waals surface area contributed by atoms with Gasteiger partial charge in [-0.15, -0.1) is 11.3 Å². The minimum Gasteiger partial charge on any atom is -0.376 e. The fourth-order valence-electron chi connectivity index (χ4n) is 4.39. The Labute approximate surface area is 192 Å². The lowest BCUT2D eigenvalue weighted by atomic mass is 10.2.